The number of nitrogens with one attached hydrogen (secondary N) is 1. The van der Waals surface area contributed by atoms with Gasteiger partial charge in [0.25, 0.3) is 0 Å². The van der Waals surface area contributed by atoms with Crippen LogP contribution in [0.3, 0.4) is 0 Å². The Hall–Kier alpha value is -1.55. The molecule has 2 heterocycles. The largest absolute Gasteiger partial charge is 0.352 e. The molecule has 0 spiro atoms. The Morgan fingerprint density at radius 1 is 1.69 bits per heavy atom. The monoisotopic (exact) mass is 233 g/mol. The van der Waals surface area contributed by atoms with E-state index in [4.69, 9.17) is 0 Å². The standard InChI is InChI=1S/C12H15N3S/c1-3-6-13-12-14-7-8-15(12)10(2)11-5-4-9-16-11/h3-5,7-10H,1,6H2,2H3,(H,13,14). The van der Waals surface area contributed by atoms with E-state index in [2.05, 4.69) is 45.9 Å². The maximum Gasteiger partial charge on any atom is 0.203 e. The summed E-state index contributed by atoms with van der Waals surface area (Å²) in [6.45, 7) is 6.59. The van der Waals surface area contributed by atoms with E-state index in [9.17, 15) is 0 Å². The second kappa shape index (κ2) is 4.99. The van der Waals surface area contributed by atoms with Crippen LogP contribution >= 0.6 is 11.3 Å². The summed E-state index contributed by atoms with van der Waals surface area (Å²) in [6.07, 6.45) is 5.64. The summed E-state index contributed by atoms with van der Waals surface area (Å²) in [5.74, 6) is 0.890. The molecule has 0 aliphatic heterocycles. The van der Waals surface area contributed by atoms with E-state index in [1.54, 1.807) is 11.3 Å². The van der Waals surface area contributed by atoms with Crippen LogP contribution in [0.15, 0.2) is 42.6 Å². The number of rotatable bonds is 5. The third-order valence-corrected chi connectivity index (χ3v) is 3.49. The fourth-order valence-corrected chi connectivity index (χ4v) is 2.37. The summed E-state index contributed by atoms with van der Waals surface area (Å²) < 4.78 is 2.13. The van der Waals surface area contributed by atoms with Crippen LogP contribution in [0.5, 0.6) is 0 Å². The highest BCUT2D eigenvalue weighted by Gasteiger charge is 2.11. The predicted molar refractivity (Wildman–Crippen MR) is 69.0 cm³/mol. The van der Waals surface area contributed by atoms with Gasteiger partial charge in [-0.25, -0.2) is 4.98 Å². The van der Waals surface area contributed by atoms with Crippen LogP contribution in [0.1, 0.15) is 17.8 Å². The topological polar surface area (TPSA) is 29.9 Å². The van der Waals surface area contributed by atoms with Crippen molar-refractivity contribution in [1.82, 2.24) is 9.55 Å². The molecule has 0 aromatic carbocycles. The number of aromatic nitrogens is 2. The molecule has 0 amide bonds. The van der Waals surface area contributed by atoms with Gasteiger partial charge < -0.3 is 9.88 Å². The van der Waals surface area contributed by atoms with Crippen molar-refractivity contribution in [3.63, 3.8) is 0 Å². The van der Waals surface area contributed by atoms with Gasteiger partial charge in [0.05, 0.1) is 6.04 Å². The Balaban J connectivity index is 2.20. The first-order chi connectivity index (χ1) is 7.83. The van der Waals surface area contributed by atoms with Gasteiger partial charge in [0.1, 0.15) is 0 Å². The van der Waals surface area contributed by atoms with Crippen LogP contribution in [-0.4, -0.2) is 16.1 Å². The zero-order valence-electron chi connectivity index (χ0n) is 9.26. The van der Waals surface area contributed by atoms with Gasteiger partial charge in [-0.05, 0) is 18.4 Å². The van der Waals surface area contributed by atoms with Crippen LogP contribution in [0, 0.1) is 0 Å². The molecular weight excluding hydrogens is 218 g/mol. The van der Waals surface area contributed by atoms with Gasteiger partial charge in [-0.3, -0.25) is 0 Å². The summed E-state index contributed by atoms with van der Waals surface area (Å²) in [7, 11) is 0. The molecule has 3 nitrogen and oxygen atoms in total. The highest BCUT2D eigenvalue weighted by atomic mass is 32.1. The molecule has 0 aliphatic rings. The molecule has 1 atom stereocenters. The predicted octanol–water partition coefficient (Wildman–Crippen LogP) is 3.15. The first kappa shape index (κ1) is 11.0. The average molecular weight is 233 g/mol. The maximum absolute atomic E-state index is 4.29. The number of thiophene rings is 1. The lowest BCUT2D eigenvalue weighted by molar-refractivity contribution is 0.656. The molecule has 2 aromatic heterocycles. The second-order valence-corrected chi connectivity index (χ2v) is 4.50. The Labute approximate surface area is 99.5 Å². The molecule has 2 rings (SSSR count). The number of hydrogen-bond acceptors (Lipinski definition) is 3. The van der Waals surface area contributed by atoms with E-state index >= 15 is 0 Å². The highest BCUT2D eigenvalue weighted by molar-refractivity contribution is 7.10. The van der Waals surface area contributed by atoms with Crippen molar-refractivity contribution in [3.8, 4) is 0 Å². The second-order valence-electron chi connectivity index (χ2n) is 3.52. The summed E-state index contributed by atoms with van der Waals surface area (Å²) in [4.78, 5) is 5.63. The summed E-state index contributed by atoms with van der Waals surface area (Å²) >= 11 is 1.77. The van der Waals surface area contributed by atoms with Crippen LogP contribution in [0.25, 0.3) is 0 Å². The maximum atomic E-state index is 4.29. The van der Waals surface area contributed by atoms with Crippen molar-refractivity contribution < 1.29 is 0 Å². The van der Waals surface area contributed by atoms with Crippen molar-refractivity contribution in [3.05, 3.63) is 47.4 Å². The lowest BCUT2D eigenvalue weighted by Gasteiger charge is -2.15. The zero-order chi connectivity index (χ0) is 11.4. The van der Waals surface area contributed by atoms with E-state index in [1.165, 1.54) is 4.88 Å². The van der Waals surface area contributed by atoms with Gasteiger partial charge in [-0.1, -0.05) is 12.1 Å². The highest BCUT2D eigenvalue weighted by Crippen LogP contribution is 2.25. The minimum atomic E-state index is 0.315. The van der Waals surface area contributed by atoms with E-state index in [0.717, 1.165) is 12.5 Å². The van der Waals surface area contributed by atoms with Gasteiger partial charge in [-0.15, -0.1) is 17.9 Å². The average Bonchev–Trinajstić information content (AvgIpc) is 2.96. The van der Waals surface area contributed by atoms with E-state index < -0.39 is 0 Å². The molecule has 0 saturated carbocycles. The summed E-state index contributed by atoms with van der Waals surface area (Å²) in [5, 5.41) is 5.32. The Morgan fingerprint density at radius 2 is 2.56 bits per heavy atom. The normalized spacial score (nSPS) is 12.3. The third-order valence-electron chi connectivity index (χ3n) is 2.45. The van der Waals surface area contributed by atoms with Crippen molar-refractivity contribution in [2.45, 2.75) is 13.0 Å². The van der Waals surface area contributed by atoms with E-state index in [1.807, 2.05) is 18.5 Å². The molecule has 0 aliphatic carbocycles. The molecule has 84 valence electrons. The van der Waals surface area contributed by atoms with Crippen molar-refractivity contribution in [2.75, 3.05) is 11.9 Å². The minimum Gasteiger partial charge on any atom is -0.352 e. The SMILES string of the molecule is C=CCNc1nccn1C(C)c1cccs1. The van der Waals surface area contributed by atoms with Gasteiger partial charge in [-0.2, -0.15) is 0 Å². The molecule has 2 aromatic rings. The van der Waals surface area contributed by atoms with E-state index in [0.29, 0.717) is 6.04 Å². The summed E-state index contributed by atoms with van der Waals surface area (Å²) in [6, 6.07) is 4.53. The van der Waals surface area contributed by atoms with Gasteiger partial charge >= 0.3 is 0 Å². The number of imidazole rings is 1. The molecule has 1 unspecified atom stereocenters. The molecule has 0 fully saturated rings. The van der Waals surface area contributed by atoms with Crippen molar-refractivity contribution >= 4 is 17.3 Å². The number of hydrogen-bond donors (Lipinski definition) is 1. The quantitative estimate of drug-likeness (QED) is 0.804. The van der Waals surface area contributed by atoms with Gasteiger partial charge in [0.2, 0.25) is 5.95 Å². The number of nitrogens with zero attached hydrogens (tertiary/aromatic N) is 2. The van der Waals surface area contributed by atoms with Crippen LogP contribution in [-0.2, 0) is 0 Å². The fraction of sp³-hybridized carbons (Fsp3) is 0.250. The minimum absolute atomic E-state index is 0.315. The van der Waals surface area contributed by atoms with Crippen molar-refractivity contribution in [1.29, 1.82) is 0 Å². The van der Waals surface area contributed by atoms with Gasteiger partial charge in [0, 0.05) is 23.8 Å². The third kappa shape index (κ3) is 2.17. The first-order valence-electron chi connectivity index (χ1n) is 5.24. The molecular formula is C12H15N3S. The molecule has 4 heteroatoms. The Kier molecular flexibility index (Phi) is 3.41. The molecule has 0 saturated heterocycles. The first-order valence-corrected chi connectivity index (χ1v) is 6.12. The molecule has 16 heavy (non-hydrogen) atoms. The Morgan fingerprint density at radius 3 is 3.25 bits per heavy atom. The zero-order valence-corrected chi connectivity index (χ0v) is 10.1. The van der Waals surface area contributed by atoms with Crippen LogP contribution in [0.4, 0.5) is 5.95 Å². The van der Waals surface area contributed by atoms with E-state index in [-0.39, 0.29) is 0 Å². The lowest BCUT2D eigenvalue weighted by atomic mass is 10.3. The van der Waals surface area contributed by atoms with Crippen LogP contribution < -0.4 is 5.32 Å². The molecule has 1 N–H and O–H groups in total. The van der Waals surface area contributed by atoms with Gasteiger partial charge in [0.15, 0.2) is 0 Å². The number of anilines is 1. The summed E-state index contributed by atoms with van der Waals surface area (Å²) in [5.41, 5.74) is 0. The molecule has 0 radical (unpaired) electrons. The smallest absolute Gasteiger partial charge is 0.203 e. The fourth-order valence-electron chi connectivity index (χ4n) is 1.59. The molecule has 0 bridgehead atoms. The lowest BCUT2D eigenvalue weighted by Crippen LogP contribution is -2.10. The Bertz CT molecular complexity index is 445. The van der Waals surface area contributed by atoms with Crippen molar-refractivity contribution in [2.24, 2.45) is 0 Å². The van der Waals surface area contributed by atoms with Crippen LogP contribution in [0.2, 0.25) is 0 Å².